The van der Waals surface area contributed by atoms with Gasteiger partial charge < -0.3 is 9.72 Å². The molecule has 16 heavy (non-hydrogen) atoms. The standard InChI is InChI=1S/C11H10N2O2S/c1-2-15-11(14)9(7-12)6-8-4-3-5-13-10(8)16/h3-6H,2H2,1H3,(H,13,16). The fourth-order valence-corrected chi connectivity index (χ4v) is 1.24. The SMILES string of the molecule is CCOC(=O)C(C#N)=Cc1ccc[nH]c1=S. The summed E-state index contributed by atoms with van der Waals surface area (Å²) in [5.41, 5.74) is 0.551. The molecule has 1 aromatic heterocycles. The van der Waals surface area contributed by atoms with Crippen LogP contribution >= 0.6 is 12.2 Å². The fourth-order valence-electron chi connectivity index (χ4n) is 1.05. The molecule has 0 amide bonds. The molecule has 0 aliphatic rings. The van der Waals surface area contributed by atoms with Gasteiger partial charge in [0.05, 0.1) is 6.61 Å². The van der Waals surface area contributed by atoms with E-state index in [0.717, 1.165) is 0 Å². The fraction of sp³-hybridized carbons (Fsp3) is 0.182. The van der Waals surface area contributed by atoms with Crippen molar-refractivity contribution in [1.29, 1.82) is 5.26 Å². The molecule has 0 atom stereocenters. The first-order valence-corrected chi connectivity index (χ1v) is 5.06. The molecule has 82 valence electrons. The molecule has 0 bridgehead atoms. The number of nitrogens with one attached hydrogen (secondary N) is 1. The molecule has 0 aliphatic heterocycles. The van der Waals surface area contributed by atoms with E-state index in [1.807, 2.05) is 0 Å². The zero-order valence-corrected chi connectivity index (χ0v) is 9.50. The Bertz CT molecular complexity index is 511. The summed E-state index contributed by atoms with van der Waals surface area (Å²) < 4.78 is 5.20. The van der Waals surface area contributed by atoms with Crippen LogP contribution in [0, 0.1) is 16.0 Å². The van der Waals surface area contributed by atoms with Crippen molar-refractivity contribution in [2.75, 3.05) is 6.61 Å². The van der Waals surface area contributed by atoms with Gasteiger partial charge in [-0.2, -0.15) is 5.26 Å². The van der Waals surface area contributed by atoms with Gasteiger partial charge >= 0.3 is 5.97 Å². The van der Waals surface area contributed by atoms with Crippen LogP contribution in [0.1, 0.15) is 12.5 Å². The van der Waals surface area contributed by atoms with Gasteiger partial charge in [-0.25, -0.2) is 4.79 Å². The van der Waals surface area contributed by atoms with Crippen molar-refractivity contribution in [2.24, 2.45) is 0 Å². The van der Waals surface area contributed by atoms with Crippen molar-refractivity contribution in [3.63, 3.8) is 0 Å². The van der Waals surface area contributed by atoms with Crippen LogP contribution in [-0.4, -0.2) is 17.6 Å². The number of nitriles is 1. The lowest BCUT2D eigenvalue weighted by Crippen LogP contribution is -2.06. The zero-order valence-electron chi connectivity index (χ0n) is 8.69. The molecule has 0 aliphatic carbocycles. The number of esters is 1. The first kappa shape index (κ1) is 12.1. The summed E-state index contributed by atoms with van der Waals surface area (Å²) in [6.45, 7) is 1.92. The van der Waals surface area contributed by atoms with E-state index in [0.29, 0.717) is 10.2 Å². The minimum atomic E-state index is -0.636. The quantitative estimate of drug-likeness (QED) is 0.377. The van der Waals surface area contributed by atoms with E-state index < -0.39 is 5.97 Å². The third kappa shape index (κ3) is 3.04. The van der Waals surface area contributed by atoms with E-state index in [1.165, 1.54) is 6.08 Å². The summed E-state index contributed by atoms with van der Waals surface area (Å²) in [7, 11) is 0. The second kappa shape index (κ2) is 5.83. The molecule has 0 spiro atoms. The normalized spacial score (nSPS) is 10.6. The lowest BCUT2D eigenvalue weighted by atomic mass is 10.2. The number of carbonyl (C=O) groups excluding carboxylic acids is 1. The molecule has 0 radical (unpaired) electrons. The van der Waals surface area contributed by atoms with Crippen LogP contribution in [0.2, 0.25) is 0 Å². The average Bonchev–Trinajstić information content (AvgIpc) is 2.28. The van der Waals surface area contributed by atoms with Crippen molar-refractivity contribution in [1.82, 2.24) is 4.98 Å². The van der Waals surface area contributed by atoms with Gasteiger partial charge in [-0.3, -0.25) is 0 Å². The number of aromatic amines is 1. The molecule has 1 N–H and O–H groups in total. The summed E-state index contributed by atoms with van der Waals surface area (Å²) in [4.78, 5) is 14.1. The molecule has 4 nitrogen and oxygen atoms in total. The molecule has 0 fully saturated rings. The summed E-state index contributed by atoms with van der Waals surface area (Å²) >= 11 is 5.01. The van der Waals surface area contributed by atoms with Gasteiger partial charge in [0.2, 0.25) is 0 Å². The highest BCUT2D eigenvalue weighted by molar-refractivity contribution is 7.71. The first-order chi connectivity index (χ1) is 7.69. The highest BCUT2D eigenvalue weighted by atomic mass is 32.1. The van der Waals surface area contributed by atoms with Crippen LogP contribution in [0.3, 0.4) is 0 Å². The third-order valence-electron chi connectivity index (χ3n) is 1.76. The Morgan fingerprint density at radius 1 is 1.75 bits per heavy atom. The Balaban J connectivity index is 3.07. The number of pyridine rings is 1. The number of H-pyrrole nitrogens is 1. The van der Waals surface area contributed by atoms with Gasteiger partial charge in [-0.1, -0.05) is 18.3 Å². The Labute approximate surface area is 98.2 Å². The number of ether oxygens (including phenoxy) is 1. The van der Waals surface area contributed by atoms with Gasteiger partial charge in [0.25, 0.3) is 0 Å². The Morgan fingerprint density at radius 2 is 2.50 bits per heavy atom. The predicted octanol–water partition coefficient (Wildman–Crippen LogP) is 2.21. The highest BCUT2D eigenvalue weighted by Crippen LogP contribution is 2.08. The van der Waals surface area contributed by atoms with Crippen molar-refractivity contribution >= 4 is 24.3 Å². The number of aromatic nitrogens is 1. The maximum atomic E-state index is 11.3. The summed E-state index contributed by atoms with van der Waals surface area (Å²) in [5, 5.41) is 8.81. The number of hydrogen-bond acceptors (Lipinski definition) is 4. The molecule has 0 saturated heterocycles. The zero-order chi connectivity index (χ0) is 12.0. The molecule has 1 aromatic rings. The second-order valence-corrected chi connectivity index (χ2v) is 3.25. The summed E-state index contributed by atoms with van der Waals surface area (Å²) in [6.07, 6.45) is 3.09. The van der Waals surface area contributed by atoms with E-state index in [-0.39, 0.29) is 12.2 Å². The van der Waals surface area contributed by atoms with E-state index >= 15 is 0 Å². The van der Waals surface area contributed by atoms with E-state index in [9.17, 15) is 4.79 Å². The number of rotatable bonds is 3. The van der Waals surface area contributed by atoms with Crippen LogP contribution in [0.15, 0.2) is 23.9 Å². The minimum absolute atomic E-state index is 0.0625. The van der Waals surface area contributed by atoms with Crippen LogP contribution in [-0.2, 0) is 9.53 Å². The van der Waals surface area contributed by atoms with Gasteiger partial charge in [0.15, 0.2) is 0 Å². The Morgan fingerprint density at radius 3 is 3.06 bits per heavy atom. The monoisotopic (exact) mass is 234 g/mol. The van der Waals surface area contributed by atoms with Gasteiger partial charge in [-0.05, 0) is 19.1 Å². The molecule has 0 saturated carbocycles. The molecule has 5 heteroatoms. The second-order valence-electron chi connectivity index (χ2n) is 2.84. The largest absolute Gasteiger partial charge is 0.462 e. The number of nitrogens with zero attached hydrogens (tertiary/aromatic N) is 1. The van der Waals surface area contributed by atoms with Gasteiger partial charge in [0.1, 0.15) is 16.3 Å². The molecular formula is C11H10N2O2S. The maximum Gasteiger partial charge on any atom is 0.348 e. The first-order valence-electron chi connectivity index (χ1n) is 4.65. The van der Waals surface area contributed by atoms with Crippen LogP contribution < -0.4 is 0 Å². The van der Waals surface area contributed by atoms with E-state index in [4.69, 9.17) is 22.2 Å². The summed E-state index contributed by atoms with van der Waals surface area (Å²) in [6, 6.07) is 5.24. The van der Waals surface area contributed by atoms with Crippen molar-refractivity contribution in [3.8, 4) is 6.07 Å². The highest BCUT2D eigenvalue weighted by Gasteiger charge is 2.09. The van der Waals surface area contributed by atoms with Crippen LogP contribution in [0.4, 0.5) is 0 Å². The van der Waals surface area contributed by atoms with Crippen LogP contribution in [0.5, 0.6) is 0 Å². The smallest absolute Gasteiger partial charge is 0.348 e. The topological polar surface area (TPSA) is 65.9 Å². The maximum absolute atomic E-state index is 11.3. The Kier molecular flexibility index (Phi) is 4.42. The minimum Gasteiger partial charge on any atom is -0.462 e. The number of carbonyl (C=O) groups is 1. The molecule has 0 aromatic carbocycles. The average molecular weight is 234 g/mol. The van der Waals surface area contributed by atoms with Gasteiger partial charge in [0, 0.05) is 11.8 Å². The van der Waals surface area contributed by atoms with Crippen molar-refractivity contribution in [2.45, 2.75) is 6.92 Å². The lowest BCUT2D eigenvalue weighted by Gasteiger charge is -1.99. The predicted molar refractivity (Wildman–Crippen MR) is 61.8 cm³/mol. The molecular weight excluding hydrogens is 224 g/mol. The van der Waals surface area contributed by atoms with Crippen LogP contribution in [0.25, 0.3) is 6.08 Å². The van der Waals surface area contributed by atoms with Gasteiger partial charge in [-0.15, -0.1) is 0 Å². The van der Waals surface area contributed by atoms with E-state index in [2.05, 4.69) is 4.98 Å². The number of hydrogen-bond donors (Lipinski definition) is 1. The van der Waals surface area contributed by atoms with Crippen molar-refractivity contribution in [3.05, 3.63) is 34.1 Å². The molecule has 1 rings (SSSR count). The third-order valence-corrected chi connectivity index (χ3v) is 2.12. The summed E-state index contributed by atoms with van der Waals surface area (Å²) in [5.74, 6) is -0.636. The molecule has 1 heterocycles. The molecule has 0 unspecified atom stereocenters. The van der Waals surface area contributed by atoms with E-state index in [1.54, 1.807) is 31.3 Å². The lowest BCUT2D eigenvalue weighted by molar-refractivity contribution is -0.137. The van der Waals surface area contributed by atoms with Crippen molar-refractivity contribution < 1.29 is 9.53 Å². The Hall–Kier alpha value is -1.93.